The highest BCUT2D eigenvalue weighted by Crippen LogP contribution is 2.30. The summed E-state index contributed by atoms with van der Waals surface area (Å²) < 4.78 is 42.6. The standard InChI is InChI=1S/C14H14ClF3N2O2/c1-13(2,3)22-12(21)19-6-4-5-9-7-10(14(16,17)18)8-20-11(9)15/h7-8H,6H2,1-3H3,(H,19,21). The van der Waals surface area contributed by atoms with E-state index in [0.29, 0.717) is 6.20 Å². The van der Waals surface area contributed by atoms with E-state index in [2.05, 4.69) is 22.1 Å². The number of halogens is 4. The number of amides is 1. The van der Waals surface area contributed by atoms with E-state index in [1.54, 1.807) is 20.8 Å². The number of nitrogens with one attached hydrogen (secondary N) is 1. The predicted molar refractivity (Wildman–Crippen MR) is 75.4 cm³/mol. The molecule has 1 heterocycles. The maximum absolute atomic E-state index is 12.5. The summed E-state index contributed by atoms with van der Waals surface area (Å²) in [6, 6.07) is 0.801. The second-order valence-electron chi connectivity index (χ2n) is 5.22. The summed E-state index contributed by atoms with van der Waals surface area (Å²) in [6.45, 7) is 5.01. The third-order valence-corrected chi connectivity index (χ3v) is 2.41. The van der Waals surface area contributed by atoms with E-state index in [1.165, 1.54) is 0 Å². The van der Waals surface area contributed by atoms with Crippen molar-refractivity contribution in [1.82, 2.24) is 10.3 Å². The van der Waals surface area contributed by atoms with Gasteiger partial charge in [-0.2, -0.15) is 13.2 Å². The first-order chi connectivity index (χ1) is 9.99. The lowest BCUT2D eigenvalue weighted by molar-refractivity contribution is -0.137. The second kappa shape index (κ2) is 6.88. The second-order valence-corrected chi connectivity index (χ2v) is 5.58. The van der Waals surface area contributed by atoms with Crippen LogP contribution >= 0.6 is 11.6 Å². The smallest absolute Gasteiger partial charge is 0.417 e. The Balaban J connectivity index is 2.71. The van der Waals surface area contributed by atoms with Crippen molar-refractivity contribution in [3.63, 3.8) is 0 Å². The molecule has 0 fully saturated rings. The van der Waals surface area contributed by atoms with Crippen LogP contribution < -0.4 is 5.32 Å². The molecule has 0 aromatic carbocycles. The lowest BCUT2D eigenvalue weighted by atomic mass is 10.2. The van der Waals surface area contributed by atoms with Crippen molar-refractivity contribution >= 4 is 17.7 Å². The Morgan fingerprint density at radius 3 is 2.59 bits per heavy atom. The van der Waals surface area contributed by atoms with Gasteiger partial charge in [0, 0.05) is 6.20 Å². The number of rotatable bonds is 1. The number of aromatic nitrogens is 1. The Kier molecular flexibility index (Phi) is 5.66. The number of alkyl carbamates (subject to hydrolysis) is 1. The highest BCUT2D eigenvalue weighted by atomic mass is 35.5. The fourth-order valence-corrected chi connectivity index (χ4v) is 1.41. The van der Waals surface area contributed by atoms with Gasteiger partial charge in [-0.3, -0.25) is 0 Å². The Morgan fingerprint density at radius 1 is 1.41 bits per heavy atom. The Labute approximate surface area is 131 Å². The molecule has 0 radical (unpaired) electrons. The number of carbonyl (C=O) groups is 1. The zero-order valence-electron chi connectivity index (χ0n) is 12.1. The van der Waals surface area contributed by atoms with Gasteiger partial charge in [0.15, 0.2) is 0 Å². The summed E-state index contributed by atoms with van der Waals surface area (Å²) >= 11 is 5.68. The summed E-state index contributed by atoms with van der Waals surface area (Å²) in [5, 5.41) is 2.21. The van der Waals surface area contributed by atoms with E-state index in [1.807, 2.05) is 0 Å². The van der Waals surface area contributed by atoms with Gasteiger partial charge < -0.3 is 10.1 Å². The van der Waals surface area contributed by atoms with E-state index in [9.17, 15) is 18.0 Å². The highest BCUT2D eigenvalue weighted by molar-refractivity contribution is 6.30. The van der Waals surface area contributed by atoms with Crippen molar-refractivity contribution in [3.8, 4) is 11.8 Å². The molecule has 0 unspecified atom stereocenters. The minimum atomic E-state index is -4.53. The van der Waals surface area contributed by atoms with Crippen molar-refractivity contribution in [2.45, 2.75) is 32.5 Å². The van der Waals surface area contributed by atoms with E-state index in [-0.39, 0.29) is 17.3 Å². The molecular weight excluding hydrogens is 321 g/mol. The fourth-order valence-electron chi connectivity index (χ4n) is 1.26. The Bertz CT molecular complexity index is 613. The van der Waals surface area contributed by atoms with Gasteiger partial charge in [0.1, 0.15) is 10.8 Å². The zero-order valence-corrected chi connectivity index (χ0v) is 12.9. The zero-order chi connectivity index (χ0) is 17.0. The van der Waals surface area contributed by atoms with Gasteiger partial charge in [-0.25, -0.2) is 9.78 Å². The molecule has 0 bridgehead atoms. The maximum Gasteiger partial charge on any atom is 0.417 e. The summed E-state index contributed by atoms with van der Waals surface area (Å²) in [5.74, 6) is 4.91. The van der Waals surface area contributed by atoms with Gasteiger partial charge >= 0.3 is 12.3 Å². The summed E-state index contributed by atoms with van der Waals surface area (Å²) in [6.07, 6.45) is -4.56. The molecule has 120 valence electrons. The molecule has 0 aliphatic carbocycles. The number of carbonyl (C=O) groups excluding carboxylic acids is 1. The van der Waals surface area contributed by atoms with Crippen LogP contribution in [-0.4, -0.2) is 23.2 Å². The number of nitrogens with zero attached hydrogens (tertiary/aromatic N) is 1. The molecule has 22 heavy (non-hydrogen) atoms. The fraction of sp³-hybridized carbons (Fsp3) is 0.429. The number of hydrogen-bond donors (Lipinski definition) is 1. The minimum absolute atomic E-state index is 0.0671. The quantitative estimate of drug-likeness (QED) is 0.630. The predicted octanol–water partition coefficient (Wildman–Crippen LogP) is 3.63. The molecule has 4 nitrogen and oxygen atoms in total. The first kappa shape index (κ1) is 18.1. The van der Waals surface area contributed by atoms with Crippen LogP contribution in [0, 0.1) is 11.8 Å². The SMILES string of the molecule is CC(C)(C)OC(=O)NCC#Cc1cc(C(F)(F)F)cnc1Cl. The average molecular weight is 335 g/mol. The molecule has 0 saturated heterocycles. The molecule has 0 atom stereocenters. The van der Waals surface area contributed by atoms with Gasteiger partial charge in [0.2, 0.25) is 0 Å². The maximum atomic E-state index is 12.5. The van der Waals surface area contributed by atoms with E-state index >= 15 is 0 Å². The monoisotopic (exact) mass is 334 g/mol. The number of alkyl halides is 3. The summed E-state index contributed by atoms with van der Waals surface area (Å²) in [5.41, 5.74) is -1.66. The minimum Gasteiger partial charge on any atom is -0.444 e. The number of hydrogen-bond acceptors (Lipinski definition) is 3. The third kappa shape index (κ3) is 6.22. The first-order valence-corrected chi connectivity index (χ1v) is 6.55. The van der Waals surface area contributed by atoms with Crippen LogP contribution in [0.4, 0.5) is 18.0 Å². The van der Waals surface area contributed by atoms with Crippen molar-refractivity contribution in [3.05, 3.63) is 28.5 Å². The Morgan fingerprint density at radius 2 is 2.05 bits per heavy atom. The van der Waals surface area contributed by atoms with Crippen molar-refractivity contribution in [2.24, 2.45) is 0 Å². The van der Waals surface area contributed by atoms with E-state index in [4.69, 9.17) is 16.3 Å². The molecule has 0 aliphatic rings. The molecule has 1 aromatic heterocycles. The van der Waals surface area contributed by atoms with Crippen LogP contribution in [0.1, 0.15) is 31.9 Å². The van der Waals surface area contributed by atoms with Gasteiger partial charge in [-0.1, -0.05) is 23.4 Å². The lowest BCUT2D eigenvalue weighted by Gasteiger charge is -2.19. The molecular formula is C14H14ClF3N2O2. The van der Waals surface area contributed by atoms with E-state index in [0.717, 1.165) is 6.07 Å². The van der Waals surface area contributed by atoms with Gasteiger partial charge in [-0.05, 0) is 26.8 Å². The van der Waals surface area contributed by atoms with Gasteiger partial charge in [0.25, 0.3) is 0 Å². The van der Waals surface area contributed by atoms with E-state index < -0.39 is 23.4 Å². The number of pyridine rings is 1. The number of ether oxygens (including phenoxy) is 1. The van der Waals surface area contributed by atoms with Crippen LogP contribution in [0.25, 0.3) is 0 Å². The molecule has 0 spiro atoms. The topological polar surface area (TPSA) is 51.2 Å². The average Bonchev–Trinajstić information content (AvgIpc) is 2.33. The summed E-state index contributed by atoms with van der Waals surface area (Å²) in [7, 11) is 0. The Hall–Kier alpha value is -1.94. The van der Waals surface area contributed by atoms with Crippen molar-refractivity contribution < 1.29 is 22.7 Å². The van der Waals surface area contributed by atoms with Crippen LogP contribution in [0.3, 0.4) is 0 Å². The van der Waals surface area contributed by atoms with Crippen molar-refractivity contribution in [1.29, 1.82) is 0 Å². The molecule has 8 heteroatoms. The van der Waals surface area contributed by atoms with Gasteiger partial charge in [-0.15, -0.1) is 0 Å². The van der Waals surface area contributed by atoms with Crippen LogP contribution in [0.5, 0.6) is 0 Å². The molecule has 1 amide bonds. The molecule has 1 aromatic rings. The molecule has 0 aliphatic heterocycles. The largest absolute Gasteiger partial charge is 0.444 e. The molecule has 1 rings (SSSR count). The lowest BCUT2D eigenvalue weighted by Crippen LogP contribution is -2.32. The van der Waals surface area contributed by atoms with Crippen LogP contribution in [0.15, 0.2) is 12.3 Å². The summed E-state index contributed by atoms with van der Waals surface area (Å²) in [4.78, 5) is 14.8. The van der Waals surface area contributed by atoms with Crippen LogP contribution in [-0.2, 0) is 10.9 Å². The highest BCUT2D eigenvalue weighted by Gasteiger charge is 2.31. The normalized spacial score (nSPS) is 11.4. The van der Waals surface area contributed by atoms with Crippen LogP contribution in [0.2, 0.25) is 5.15 Å². The molecule has 0 saturated carbocycles. The first-order valence-electron chi connectivity index (χ1n) is 6.17. The third-order valence-electron chi connectivity index (χ3n) is 2.11. The van der Waals surface area contributed by atoms with Gasteiger partial charge in [0.05, 0.1) is 17.7 Å². The molecule has 1 N–H and O–H groups in total. The van der Waals surface area contributed by atoms with Crippen molar-refractivity contribution in [2.75, 3.05) is 6.54 Å².